The van der Waals surface area contributed by atoms with Gasteiger partial charge in [-0.1, -0.05) is 42.1 Å². The van der Waals surface area contributed by atoms with E-state index in [2.05, 4.69) is 4.99 Å². The number of ketones is 1. The number of fused-ring (bicyclic) bond motifs is 1. The van der Waals surface area contributed by atoms with E-state index in [1.165, 1.54) is 24.8 Å². The summed E-state index contributed by atoms with van der Waals surface area (Å²) in [7, 11) is -3.16. The Hall–Kier alpha value is -2.19. The predicted octanol–water partition coefficient (Wildman–Crippen LogP) is 3.30. The highest BCUT2D eigenvalue weighted by Gasteiger charge is 2.47. The molecular formula is C20H19FN2O3S2. The first-order valence-corrected chi connectivity index (χ1v) is 11.7. The van der Waals surface area contributed by atoms with Crippen molar-refractivity contribution in [2.45, 2.75) is 24.8 Å². The number of carbonyl (C=O) groups is 1. The molecule has 0 bridgehead atoms. The Morgan fingerprint density at radius 2 is 2.00 bits per heavy atom. The molecule has 0 N–H and O–H groups in total. The van der Waals surface area contributed by atoms with E-state index in [9.17, 15) is 17.6 Å². The minimum atomic E-state index is -3.16. The third kappa shape index (κ3) is 3.71. The van der Waals surface area contributed by atoms with Gasteiger partial charge in [0.25, 0.3) is 0 Å². The van der Waals surface area contributed by atoms with Crippen LogP contribution in [-0.4, -0.2) is 43.0 Å². The second kappa shape index (κ2) is 7.33. The number of rotatable bonds is 4. The normalized spacial score (nSPS) is 22.8. The number of thioether (sulfide) groups is 1. The van der Waals surface area contributed by atoms with E-state index < -0.39 is 9.84 Å². The van der Waals surface area contributed by atoms with Gasteiger partial charge in [0.15, 0.2) is 20.8 Å². The summed E-state index contributed by atoms with van der Waals surface area (Å²) in [5.41, 5.74) is 1.86. The fourth-order valence-corrected chi connectivity index (χ4v) is 6.52. The van der Waals surface area contributed by atoms with E-state index in [1.54, 1.807) is 36.4 Å². The van der Waals surface area contributed by atoms with Crippen LogP contribution in [0.15, 0.2) is 53.5 Å². The van der Waals surface area contributed by atoms with Gasteiger partial charge < -0.3 is 4.90 Å². The van der Waals surface area contributed by atoms with Crippen molar-refractivity contribution in [1.29, 1.82) is 0 Å². The van der Waals surface area contributed by atoms with E-state index in [4.69, 9.17) is 0 Å². The number of benzene rings is 2. The van der Waals surface area contributed by atoms with Gasteiger partial charge in [-0.25, -0.2) is 12.8 Å². The molecule has 0 unspecified atom stereocenters. The Morgan fingerprint density at radius 3 is 2.75 bits per heavy atom. The zero-order valence-corrected chi connectivity index (χ0v) is 16.8. The first kappa shape index (κ1) is 19.1. The molecule has 2 aliphatic heterocycles. The lowest BCUT2D eigenvalue weighted by atomic mass is 10.1. The average molecular weight is 419 g/mol. The number of nitrogens with zero attached hydrogens (tertiary/aromatic N) is 2. The predicted molar refractivity (Wildman–Crippen MR) is 110 cm³/mol. The number of hydrogen-bond donors (Lipinski definition) is 0. The number of aliphatic imine (C=N–C) groups is 1. The highest BCUT2D eigenvalue weighted by molar-refractivity contribution is 8.13. The van der Waals surface area contributed by atoms with Crippen molar-refractivity contribution in [2.75, 3.05) is 16.4 Å². The van der Waals surface area contributed by atoms with Crippen LogP contribution in [-0.2, 0) is 15.6 Å². The van der Waals surface area contributed by atoms with Crippen LogP contribution < -0.4 is 4.90 Å². The molecule has 0 saturated carbocycles. The molecular weight excluding hydrogens is 399 g/mol. The number of halogens is 1. The number of carbonyl (C=O) groups excluding carboxylic acids is 1. The van der Waals surface area contributed by atoms with Crippen molar-refractivity contribution in [3.8, 4) is 0 Å². The summed E-state index contributed by atoms with van der Waals surface area (Å²) in [6, 6.07) is 13.1. The van der Waals surface area contributed by atoms with E-state index in [0.29, 0.717) is 22.0 Å². The molecule has 4 rings (SSSR count). The minimum Gasteiger partial charge on any atom is -0.315 e. The van der Waals surface area contributed by atoms with Gasteiger partial charge in [-0.2, -0.15) is 0 Å². The van der Waals surface area contributed by atoms with Crippen LogP contribution in [0.4, 0.5) is 10.1 Å². The second-order valence-electron chi connectivity index (χ2n) is 6.98. The van der Waals surface area contributed by atoms with Gasteiger partial charge in [-0.05, 0) is 30.7 Å². The maximum atomic E-state index is 14.0. The van der Waals surface area contributed by atoms with Gasteiger partial charge in [0.05, 0.1) is 23.6 Å². The van der Waals surface area contributed by atoms with Crippen molar-refractivity contribution in [1.82, 2.24) is 0 Å². The molecule has 8 heteroatoms. The topological polar surface area (TPSA) is 66.8 Å². The molecule has 1 fully saturated rings. The highest BCUT2D eigenvalue weighted by atomic mass is 32.2. The van der Waals surface area contributed by atoms with Gasteiger partial charge in [-0.15, -0.1) is 0 Å². The SMILES string of the molecule is CC(=O)c1cccc(N2C(SCc3ccccc3F)=N[C@@H]3CS(=O)(=O)C[C@H]32)c1. The van der Waals surface area contributed by atoms with Crippen LogP contribution in [0.1, 0.15) is 22.8 Å². The zero-order valence-electron chi connectivity index (χ0n) is 15.2. The van der Waals surface area contributed by atoms with Crippen molar-refractivity contribution >= 4 is 38.2 Å². The van der Waals surface area contributed by atoms with Crippen molar-refractivity contribution in [2.24, 2.45) is 4.99 Å². The second-order valence-corrected chi connectivity index (χ2v) is 10.1. The summed E-state index contributed by atoms with van der Waals surface area (Å²) in [6.07, 6.45) is 0. The third-order valence-electron chi connectivity index (χ3n) is 4.95. The van der Waals surface area contributed by atoms with Crippen LogP contribution in [0, 0.1) is 5.82 Å². The summed E-state index contributed by atoms with van der Waals surface area (Å²) in [6.45, 7) is 1.49. The Kier molecular flexibility index (Phi) is 5.01. The first-order valence-electron chi connectivity index (χ1n) is 8.89. The molecule has 0 radical (unpaired) electrons. The summed E-state index contributed by atoms with van der Waals surface area (Å²) >= 11 is 1.38. The Bertz CT molecular complexity index is 1070. The monoisotopic (exact) mass is 418 g/mol. The van der Waals surface area contributed by atoms with Crippen molar-refractivity contribution < 1.29 is 17.6 Å². The molecule has 0 amide bonds. The molecule has 1 saturated heterocycles. The number of anilines is 1. The van der Waals surface area contributed by atoms with Crippen LogP contribution >= 0.6 is 11.8 Å². The Balaban J connectivity index is 1.66. The molecule has 146 valence electrons. The number of Topliss-reactive ketones (excluding diaryl/α,β-unsaturated/α-hetero) is 1. The number of sulfone groups is 1. The zero-order chi connectivity index (χ0) is 19.9. The summed E-state index contributed by atoms with van der Waals surface area (Å²) in [5, 5.41) is 0.661. The Labute approximate surface area is 167 Å². The van der Waals surface area contributed by atoms with Gasteiger partial charge in [-0.3, -0.25) is 9.79 Å². The number of hydrogen-bond acceptors (Lipinski definition) is 6. The van der Waals surface area contributed by atoms with E-state index in [1.807, 2.05) is 11.0 Å². The van der Waals surface area contributed by atoms with Gasteiger partial charge in [0.1, 0.15) is 5.82 Å². The fourth-order valence-electron chi connectivity index (χ4n) is 3.57. The smallest absolute Gasteiger partial charge is 0.164 e. The summed E-state index contributed by atoms with van der Waals surface area (Å²) in [5.74, 6) is 0.0933. The minimum absolute atomic E-state index is 0.0182. The van der Waals surface area contributed by atoms with Crippen molar-refractivity contribution in [3.05, 3.63) is 65.5 Å². The van der Waals surface area contributed by atoms with E-state index in [0.717, 1.165) is 5.69 Å². The van der Waals surface area contributed by atoms with Gasteiger partial charge >= 0.3 is 0 Å². The molecule has 2 aliphatic rings. The molecule has 2 aromatic rings. The molecule has 0 spiro atoms. The molecule has 0 aliphatic carbocycles. The molecule has 2 aromatic carbocycles. The maximum absolute atomic E-state index is 14.0. The maximum Gasteiger partial charge on any atom is 0.164 e. The van der Waals surface area contributed by atoms with Crippen LogP contribution in [0.5, 0.6) is 0 Å². The molecule has 5 nitrogen and oxygen atoms in total. The fraction of sp³-hybridized carbons (Fsp3) is 0.300. The van der Waals surface area contributed by atoms with Crippen LogP contribution in [0.3, 0.4) is 0 Å². The van der Waals surface area contributed by atoms with Crippen LogP contribution in [0.25, 0.3) is 0 Å². The van der Waals surface area contributed by atoms with Crippen molar-refractivity contribution in [3.63, 3.8) is 0 Å². The third-order valence-corrected chi connectivity index (χ3v) is 7.67. The van der Waals surface area contributed by atoms with E-state index >= 15 is 0 Å². The van der Waals surface area contributed by atoms with Gasteiger partial charge in [0.2, 0.25) is 0 Å². The molecule has 0 aromatic heterocycles. The van der Waals surface area contributed by atoms with Crippen LogP contribution in [0.2, 0.25) is 0 Å². The lowest BCUT2D eigenvalue weighted by molar-refractivity contribution is 0.101. The molecule has 28 heavy (non-hydrogen) atoms. The largest absolute Gasteiger partial charge is 0.315 e. The lowest BCUT2D eigenvalue weighted by Crippen LogP contribution is -2.39. The molecule has 2 atom stereocenters. The highest BCUT2D eigenvalue weighted by Crippen LogP contribution is 2.36. The molecule has 2 heterocycles. The van der Waals surface area contributed by atoms with E-state index in [-0.39, 0.29) is 35.2 Å². The standard InChI is InChI=1S/C20H19FN2O3S2/c1-13(24)14-6-4-7-16(9-14)23-19-12-28(25,26)11-18(19)22-20(23)27-10-15-5-2-3-8-17(15)21/h2-9,18-19H,10-12H2,1H3/t18-,19-/m1/s1. The quantitative estimate of drug-likeness (QED) is 0.713. The average Bonchev–Trinajstić information content (AvgIpc) is 3.12. The summed E-state index contributed by atoms with van der Waals surface area (Å²) in [4.78, 5) is 18.3. The first-order chi connectivity index (χ1) is 13.3. The Morgan fingerprint density at radius 1 is 1.21 bits per heavy atom. The lowest BCUT2D eigenvalue weighted by Gasteiger charge is -2.26. The number of amidine groups is 1. The van der Waals surface area contributed by atoms with Gasteiger partial charge in [0, 0.05) is 17.0 Å². The summed E-state index contributed by atoms with van der Waals surface area (Å²) < 4.78 is 38.2.